The van der Waals surface area contributed by atoms with Crippen molar-refractivity contribution in [2.45, 2.75) is 6.92 Å². The van der Waals surface area contributed by atoms with Crippen LogP contribution in [0.2, 0.25) is 0 Å². The first kappa shape index (κ1) is 16.4. The van der Waals surface area contributed by atoms with Crippen LogP contribution < -0.4 is 9.47 Å². The zero-order valence-electron chi connectivity index (χ0n) is 13.7. The predicted molar refractivity (Wildman–Crippen MR) is 90.0 cm³/mol. The predicted octanol–water partition coefficient (Wildman–Crippen LogP) is 3.69. The van der Waals surface area contributed by atoms with E-state index in [4.69, 9.17) is 14.0 Å². The second kappa shape index (κ2) is 7.00. The maximum absolute atomic E-state index is 12.3. The van der Waals surface area contributed by atoms with Crippen LogP contribution in [0.5, 0.6) is 11.5 Å². The quantitative estimate of drug-likeness (QED) is 0.401. The van der Waals surface area contributed by atoms with Crippen LogP contribution in [-0.4, -0.2) is 24.5 Å². The van der Waals surface area contributed by atoms with Crippen molar-refractivity contribution in [1.29, 1.82) is 0 Å². The molecule has 0 saturated carbocycles. The monoisotopic (exact) mass is 337 g/mol. The molecule has 0 bridgehead atoms. The van der Waals surface area contributed by atoms with Crippen molar-refractivity contribution in [3.05, 3.63) is 65.4 Å². The Kier molecular flexibility index (Phi) is 4.61. The molecule has 126 valence electrons. The van der Waals surface area contributed by atoms with Crippen LogP contribution >= 0.6 is 0 Å². The van der Waals surface area contributed by atoms with E-state index in [9.17, 15) is 9.59 Å². The number of aryl methyl sites for hydroxylation is 1. The Hall–Kier alpha value is -3.41. The van der Waals surface area contributed by atoms with Crippen LogP contribution in [0.4, 0.5) is 0 Å². The van der Waals surface area contributed by atoms with E-state index in [1.54, 1.807) is 0 Å². The summed E-state index contributed by atoms with van der Waals surface area (Å²) in [5.41, 5.74) is 2.38. The molecular weight excluding hydrogens is 322 g/mol. The van der Waals surface area contributed by atoms with Crippen LogP contribution in [0.25, 0.3) is 11.3 Å². The van der Waals surface area contributed by atoms with E-state index >= 15 is 0 Å². The molecule has 0 atom stereocenters. The molecule has 0 unspecified atom stereocenters. The highest BCUT2D eigenvalue weighted by molar-refractivity contribution is 5.90. The fourth-order valence-corrected chi connectivity index (χ4v) is 2.22. The van der Waals surface area contributed by atoms with E-state index in [0.717, 1.165) is 11.1 Å². The Morgan fingerprint density at radius 3 is 2.52 bits per heavy atom. The second-order valence-electron chi connectivity index (χ2n) is 5.36. The average molecular weight is 337 g/mol. The molecule has 0 radical (unpaired) electrons. The summed E-state index contributed by atoms with van der Waals surface area (Å²) in [6.07, 6.45) is 0.680. The van der Waals surface area contributed by atoms with E-state index in [0.29, 0.717) is 17.6 Å². The Morgan fingerprint density at radius 1 is 1.08 bits per heavy atom. The van der Waals surface area contributed by atoms with Crippen molar-refractivity contribution in [1.82, 2.24) is 5.16 Å². The van der Waals surface area contributed by atoms with Gasteiger partial charge >= 0.3 is 5.97 Å². The molecule has 0 fully saturated rings. The van der Waals surface area contributed by atoms with E-state index in [-0.39, 0.29) is 17.2 Å². The van der Waals surface area contributed by atoms with Crippen LogP contribution in [0.15, 0.2) is 53.1 Å². The maximum Gasteiger partial charge on any atom is 0.366 e. The first-order valence-electron chi connectivity index (χ1n) is 7.50. The average Bonchev–Trinajstić information content (AvgIpc) is 3.13. The van der Waals surface area contributed by atoms with Gasteiger partial charge < -0.3 is 14.0 Å². The first-order chi connectivity index (χ1) is 12.1. The summed E-state index contributed by atoms with van der Waals surface area (Å²) in [7, 11) is 1.42. The van der Waals surface area contributed by atoms with Crippen LogP contribution in [-0.2, 0) is 0 Å². The molecule has 0 aliphatic carbocycles. The van der Waals surface area contributed by atoms with Gasteiger partial charge in [0.25, 0.3) is 0 Å². The number of aromatic nitrogens is 1. The maximum atomic E-state index is 12.3. The van der Waals surface area contributed by atoms with E-state index in [1.165, 1.54) is 31.4 Å². The van der Waals surface area contributed by atoms with Gasteiger partial charge in [0.1, 0.15) is 6.29 Å². The van der Waals surface area contributed by atoms with Gasteiger partial charge in [-0.2, -0.15) is 0 Å². The summed E-state index contributed by atoms with van der Waals surface area (Å²) in [6, 6.07) is 13.7. The van der Waals surface area contributed by atoms with Crippen molar-refractivity contribution >= 4 is 12.3 Å². The van der Waals surface area contributed by atoms with Gasteiger partial charge in [-0.25, -0.2) is 4.79 Å². The largest absolute Gasteiger partial charge is 0.493 e. The lowest BCUT2D eigenvalue weighted by Gasteiger charge is -2.08. The van der Waals surface area contributed by atoms with Crippen molar-refractivity contribution in [3.63, 3.8) is 0 Å². The minimum absolute atomic E-state index is 0.0390. The fourth-order valence-electron chi connectivity index (χ4n) is 2.22. The van der Waals surface area contributed by atoms with Gasteiger partial charge in [0, 0.05) is 17.2 Å². The molecule has 25 heavy (non-hydrogen) atoms. The highest BCUT2D eigenvalue weighted by Crippen LogP contribution is 2.29. The summed E-state index contributed by atoms with van der Waals surface area (Å²) < 4.78 is 15.6. The van der Waals surface area contributed by atoms with E-state index in [1.807, 2.05) is 31.2 Å². The van der Waals surface area contributed by atoms with Gasteiger partial charge in [0.15, 0.2) is 23.0 Å². The number of ether oxygens (including phenoxy) is 2. The molecule has 1 aromatic heterocycles. The van der Waals surface area contributed by atoms with Crippen molar-refractivity contribution in [2.24, 2.45) is 0 Å². The minimum atomic E-state index is -0.681. The molecule has 2 aromatic carbocycles. The number of hydrogen-bond acceptors (Lipinski definition) is 6. The van der Waals surface area contributed by atoms with Crippen LogP contribution in [0, 0.1) is 6.92 Å². The van der Waals surface area contributed by atoms with Gasteiger partial charge in [-0.3, -0.25) is 4.79 Å². The third kappa shape index (κ3) is 3.58. The molecule has 0 spiro atoms. The molecule has 1 heterocycles. The molecule has 0 N–H and O–H groups in total. The number of benzene rings is 2. The van der Waals surface area contributed by atoms with Crippen molar-refractivity contribution in [3.8, 4) is 22.8 Å². The number of esters is 1. The van der Waals surface area contributed by atoms with Gasteiger partial charge in [0.2, 0.25) is 0 Å². The number of hydrogen-bond donors (Lipinski definition) is 0. The van der Waals surface area contributed by atoms with Gasteiger partial charge in [-0.15, -0.1) is 0 Å². The number of carbonyl (C=O) groups excluding carboxylic acids is 2. The topological polar surface area (TPSA) is 78.6 Å². The standard InChI is InChI=1S/C19H15NO5/c1-12-3-6-14(7-4-12)17-10-15(20-25-17)19(22)24-16-8-5-13(11-21)9-18(16)23-2/h3-11H,1-2H3. The normalized spacial score (nSPS) is 10.3. The lowest BCUT2D eigenvalue weighted by molar-refractivity contribution is 0.0719. The lowest BCUT2D eigenvalue weighted by atomic mass is 10.1. The summed E-state index contributed by atoms with van der Waals surface area (Å²) in [4.78, 5) is 23.1. The number of carbonyl (C=O) groups is 2. The molecule has 3 rings (SSSR count). The lowest BCUT2D eigenvalue weighted by Crippen LogP contribution is -2.09. The summed E-state index contributed by atoms with van der Waals surface area (Å²) in [5.74, 6) is 0.257. The molecule has 0 amide bonds. The second-order valence-corrected chi connectivity index (χ2v) is 5.36. The summed E-state index contributed by atoms with van der Waals surface area (Å²) in [5, 5.41) is 3.75. The Labute approximate surface area is 144 Å². The highest BCUT2D eigenvalue weighted by atomic mass is 16.6. The summed E-state index contributed by atoms with van der Waals surface area (Å²) >= 11 is 0. The Morgan fingerprint density at radius 2 is 1.84 bits per heavy atom. The molecule has 0 aliphatic heterocycles. The zero-order valence-corrected chi connectivity index (χ0v) is 13.7. The third-order valence-electron chi connectivity index (χ3n) is 3.58. The van der Waals surface area contributed by atoms with E-state index in [2.05, 4.69) is 5.16 Å². The number of rotatable bonds is 5. The van der Waals surface area contributed by atoms with Crippen LogP contribution in [0.3, 0.4) is 0 Å². The number of nitrogens with zero attached hydrogens (tertiary/aromatic N) is 1. The molecular formula is C19H15NO5. The van der Waals surface area contributed by atoms with Crippen molar-refractivity contribution < 1.29 is 23.6 Å². The molecule has 0 aliphatic rings. The molecule has 0 saturated heterocycles. The number of methoxy groups -OCH3 is 1. The summed E-state index contributed by atoms with van der Waals surface area (Å²) in [6.45, 7) is 1.98. The van der Waals surface area contributed by atoms with Crippen molar-refractivity contribution in [2.75, 3.05) is 7.11 Å². The van der Waals surface area contributed by atoms with Crippen LogP contribution in [0.1, 0.15) is 26.4 Å². The minimum Gasteiger partial charge on any atom is -0.493 e. The van der Waals surface area contributed by atoms with Gasteiger partial charge in [-0.1, -0.05) is 35.0 Å². The molecule has 6 nitrogen and oxygen atoms in total. The van der Waals surface area contributed by atoms with E-state index < -0.39 is 5.97 Å². The Bertz CT molecular complexity index is 912. The third-order valence-corrected chi connectivity index (χ3v) is 3.58. The zero-order chi connectivity index (χ0) is 17.8. The fraction of sp³-hybridized carbons (Fsp3) is 0.105. The SMILES string of the molecule is COc1cc(C=O)ccc1OC(=O)c1cc(-c2ccc(C)cc2)on1. The first-order valence-corrected chi connectivity index (χ1v) is 7.50. The van der Waals surface area contributed by atoms with Gasteiger partial charge in [0.05, 0.1) is 7.11 Å². The smallest absolute Gasteiger partial charge is 0.366 e. The van der Waals surface area contributed by atoms with Gasteiger partial charge in [-0.05, 0) is 25.1 Å². The number of aldehydes is 1. The highest BCUT2D eigenvalue weighted by Gasteiger charge is 2.18. The molecule has 3 aromatic rings. The Balaban J connectivity index is 1.80. The molecule has 6 heteroatoms.